The number of aryl methyl sites for hydroxylation is 1. The van der Waals surface area contributed by atoms with Crippen molar-refractivity contribution in [1.82, 2.24) is 20.3 Å². The first-order valence-corrected chi connectivity index (χ1v) is 7.53. The van der Waals surface area contributed by atoms with E-state index in [-0.39, 0.29) is 18.1 Å². The molecule has 1 amide bonds. The Bertz CT molecular complexity index is 832. The summed E-state index contributed by atoms with van der Waals surface area (Å²) >= 11 is 0. The highest BCUT2D eigenvalue weighted by atomic mass is 16.5. The van der Waals surface area contributed by atoms with Gasteiger partial charge < -0.3 is 21.5 Å². The Hall–Kier alpha value is -3.42. The normalized spacial score (nSPS) is 10.6. The summed E-state index contributed by atoms with van der Waals surface area (Å²) in [6, 6.07) is 5.18. The number of hydrogen-bond donors (Lipinski definition) is 3. The summed E-state index contributed by atoms with van der Waals surface area (Å²) in [7, 11) is 0. The molecule has 2 heterocycles. The zero-order valence-corrected chi connectivity index (χ0v) is 14.1. The average molecular weight is 340 g/mol. The largest absolute Gasteiger partial charge is 0.464 e. The number of aromatic nitrogens is 3. The Morgan fingerprint density at radius 3 is 2.72 bits per heavy atom. The summed E-state index contributed by atoms with van der Waals surface area (Å²) in [5, 5.41) is 2.69. The molecule has 5 N–H and O–H groups in total. The third-order valence-corrected chi connectivity index (χ3v) is 3.18. The maximum atomic E-state index is 12.3. The Kier molecular flexibility index (Phi) is 5.67. The highest BCUT2D eigenvalue weighted by Gasteiger charge is 2.17. The molecule has 8 nitrogen and oxygen atoms in total. The molecule has 2 aromatic rings. The predicted molar refractivity (Wildman–Crippen MR) is 95.9 cm³/mol. The number of ether oxygens (including phenoxy) is 1. The third kappa shape index (κ3) is 4.54. The van der Waals surface area contributed by atoms with Gasteiger partial charge in [0, 0.05) is 0 Å². The van der Waals surface area contributed by atoms with Gasteiger partial charge in [-0.1, -0.05) is 18.7 Å². The van der Waals surface area contributed by atoms with Crippen molar-refractivity contribution in [3.63, 3.8) is 0 Å². The maximum absolute atomic E-state index is 12.3. The molecule has 2 rings (SSSR count). The summed E-state index contributed by atoms with van der Waals surface area (Å²) in [5.74, 6) is 0.212. The van der Waals surface area contributed by atoms with Gasteiger partial charge in [-0.3, -0.25) is 4.79 Å². The number of allylic oxidation sites excluding steroid dienone is 1. The van der Waals surface area contributed by atoms with Crippen LogP contribution < -0.4 is 16.8 Å². The van der Waals surface area contributed by atoms with E-state index in [1.807, 2.05) is 6.92 Å². The number of anilines is 2. The summed E-state index contributed by atoms with van der Waals surface area (Å²) in [6.45, 7) is 7.47. The van der Waals surface area contributed by atoms with Gasteiger partial charge in [0.05, 0.1) is 24.2 Å². The number of rotatable bonds is 6. The molecule has 0 spiro atoms. The van der Waals surface area contributed by atoms with Crippen LogP contribution in [0.3, 0.4) is 0 Å². The van der Waals surface area contributed by atoms with E-state index in [0.29, 0.717) is 28.7 Å². The lowest BCUT2D eigenvalue weighted by molar-refractivity contribution is 0.0946. The predicted octanol–water partition coefficient (Wildman–Crippen LogP) is 1.80. The fraction of sp³-hybridized carbons (Fsp3) is 0.176. The number of carbonyl (C=O) groups is 1. The van der Waals surface area contributed by atoms with Gasteiger partial charge in [-0.05, 0) is 26.0 Å². The molecule has 2 aromatic heterocycles. The van der Waals surface area contributed by atoms with Gasteiger partial charge in [0.25, 0.3) is 5.91 Å². The number of hydrogen-bond acceptors (Lipinski definition) is 7. The number of pyridine rings is 1. The van der Waals surface area contributed by atoms with Crippen molar-refractivity contribution in [2.45, 2.75) is 20.4 Å². The van der Waals surface area contributed by atoms with Gasteiger partial charge in [0.2, 0.25) is 0 Å². The van der Waals surface area contributed by atoms with Crippen LogP contribution in [0.2, 0.25) is 0 Å². The van der Waals surface area contributed by atoms with Crippen molar-refractivity contribution in [1.29, 1.82) is 0 Å². The molecule has 0 bridgehead atoms. The molecule has 0 saturated carbocycles. The summed E-state index contributed by atoms with van der Waals surface area (Å²) in [5.41, 5.74) is 13.0. The summed E-state index contributed by atoms with van der Waals surface area (Å²) in [6.07, 6.45) is 3.18. The molecule has 0 fully saturated rings. The standard InChI is InChI=1S/C17H20N6O2/c1-4-8-25-11(3)14-10(2)21-15(16(19)23-14)17(24)20-9-12-6-5-7-13(18)22-12/h4-8H,3,9H2,1-2H3,(H2,18,22)(H2,19,23)(H,20,24)/b8-4-. The monoisotopic (exact) mass is 340 g/mol. The molecule has 8 heteroatoms. The maximum Gasteiger partial charge on any atom is 0.274 e. The first-order chi connectivity index (χ1) is 11.9. The van der Waals surface area contributed by atoms with Crippen LogP contribution >= 0.6 is 0 Å². The smallest absolute Gasteiger partial charge is 0.274 e. The Labute approximate surface area is 145 Å². The molecule has 130 valence electrons. The van der Waals surface area contributed by atoms with Crippen molar-refractivity contribution < 1.29 is 9.53 Å². The third-order valence-electron chi connectivity index (χ3n) is 3.18. The minimum Gasteiger partial charge on any atom is -0.464 e. The lowest BCUT2D eigenvalue weighted by Gasteiger charge is -2.11. The van der Waals surface area contributed by atoms with Crippen LogP contribution in [-0.4, -0.2) is 20.9 Å². The van der Waals surface area contributed by atoms with E-state index in [0.717, 1.165) is 0 Å². The Morgan fingerprint density at radius 2 is 2.04 bits per heavy atom. The van der Waals surface area contributed by atoms with Crippen LogP contribution in [0.1, 0.15) is 34.5 Å². The summed E-state index contributed by atoms with van der Waals surface area (Å²) in [4.78, 5) is 24.8. The van der Waals surface area contributed by atoms with Gasteiger partial charge in [-0.25, -0.2) is 15.0 Å². The minimum atomic E-state index is -0.455. The second kappa shape index (κ2) is 7.91. The second-order valence-electron chi connectivity index (χ2n) is 5.14. The molecule has 25 heavy (non-hydrogen) atoms. The molecule has 0 aliphatic heterocycles. The lowest BCUT2D eigenvalue weighted by Crippen LogP contribution is -2.26. The zero-order valence-electron chi connectivity index (χ0n) is 14.1. The first-order valence-electron chi connectivity index (χ1n) is 7.53. The molecule has 0 saturated heterocycles. The van der Waals surface area contributed by atoms with Crippen molar-refractivity contribution >= 4 is 23.3 Å². The molecule has 0 unspecified atom stereocenters. The second-order valence-corrected chi connectivity index (χ2v) is 5.14. The van der Waals surface area contributed by atoms with E-state index in [9.17, 15) is 4.79 Å². The average Bonchev–Trinajstić information content (AvgIpc) is 2.59. The molecule has 0 aliphatic rings. The molecular formula is C17H20N6O2. The van der Waals surface area contributed by atoms with Crippen molar-refractivity contribution in [2.24, 2.45) is 0 Å². The van der Waals surface area contributed by atoms with Crippen LogP contribution in [0.25, 0.3) is 5.76 Å². The van der Waals surface area contributed by atoms with Gasteiger partial charge in [-0.15, -0.1) is 0 Å². The fourth-order valence-electron chi connectivity index (χ4n) is 2.02. The van der Waals surface area contributed by atoms with Crippen molar-refractivity contribution in [2.75, 3.05) is 11.5 Å². The molecule has 0 atom stereocenters. The molecule has 0 aromatic carbocycles. The van der Waals surface area contributed by atoms with Crippen LogP contribution in [0.15, 0.2) is 37.1 Å². The molecule has 0 radical (unpaired) electrons. The minimum absolute atomic E-state index is 0.0103. The number of nitrogens with two attached hydrogens (primary N) is 2. The SMILES string of the molecule is C=C(O/C=C\C)c1nc(N)c(C(=O)NCc2cccc(N)n2)nc1C. The highest BCUT2D eigenvalue weighted by molar-refractivity contribution is 5.96. The van der Waals surface area contributed by atoms with E-state index in [1.54, 1.807) is 31.2 Å². The number of carbonyl (C=O) groups excluding carboxylic acids is 1. The highest BCUT2D eigenvalue weighted by Crippen LogP contribution is 2.18. The van der Waals surface area contributed by atoms with Crippen LogP contribution in [0.5, 0.6) is 0 Å². The van der Waals surface area contributed by atoms with E-state index in [2.05, 4.69) is 26.8 Å². The van der Waals surface area contributed by atoms with Crippen LogP contribution in [0, 0.1) is 6.92 Å². The van der Waals surface area contributed by atoms with Crippen molar-refractivity contribution in [3.8, 4) is 0 Å². The number of nitrogens with one attached hydrogen (secondary N) is 1. The molecular weight excluding hydrogens is 320 g/mol. The quantitative estimate of drug-likeness (QED) is 0.684. The van der Waals surface area contributed by atoms with Gasteiger partial charge >= 0.3 is 0 Å². The number of nitrogens with zero attached hydrogens (tertiary/aromatic N) is 3. The fourth-order valence-corrected chi connectivity index (χ4v) is 2.02. The lowest BCUT2D eigenvalue weighted by atomic mass is 10.2. The van der Waals surface area contributed by atoms with E-state index >= 15 is 0 Å². The van der Waals surface area contributed by atoms with Crippen LogP contribution in [-0.2, 0) is 11.3 Å². The van der Waals surface area contributed by atoms with Gasteiger partial charge in [0.15, 0.2) is 11.5 Å². The van der Waals surface area contributed by atoms with E-state index in [1.165, 1.54) is 6.26 Å². The Balaban J connectivity index is 2.14. The van der Waals surface area contributed by atoms with Crippen molar-refractivity contribution in [3.05, 3.63) is 59.9 Å². The molecule has 0 aliphatic carbocycles. The van der Waals surface area contributed by atoms with E-state index in [4.69, 9.17) is 16.2 Å². The van der Waals surface area contributed by atoms with E-state index < -0.39 is 5.91 Å². The summed E-state index contributed by atoms with van der Waals surface area (Å²) < 4.78 is 5.28. The van der Waals surface area contributed by atoms with Gasteiger partial charge in [-0.2, -0.15) is 0 Å². The number of nitrogen functional groups attached to an aromatic ring is 2. The first kappa shape index (κ1) is 17.9. The number of amides is 1. The Morgan fingerprint density at radius 1 is 1.28 bits per heavy atom. The zero-order chi connectivity index (χ0) is 18.4. The van der Waals surface area contributed by atoms with Crippen LogP contribution in [0.4, 0.5) is 11.6 Å². The van der Waals surface area contributed by atoms with Gasteiger partial charge in [0.1, 0.15) is 17.3 Å². The topological polar surface area (TPSA) is 129 Å².